The van der Waals surface area contributed by atoms with Gasteiger partial charge in [-0.15, -0.1) is 0 Å². The smallest absolute Gasteiger partial charge is 0.223 e. The minimum atomic E-state index is -0.00907. The van der Waals surface area contributed by atoms with Gasteiger partial charge in [-0.3, -0.25) is 15.2 Å². The van der Waals surface area contributed by atoms with Crippen LogP contribution in [0.1, 0.15) is 55.0 Å². The third kappa shape index (κ3) is 3.64. The van der Waals surface area contributed by atoms with Gasteiger partial charge in [-0.1, -0.05) is 30.7 Å². The Bertz CT molecular complexity index is 950. The van der Waals surface area contributed by atoms with Gasteiger partial charge in [-0.05, 0) is 79.3 Å². The van der Waals surface area contributed by atoms with E-state index in [1.165, 1.54) is 5.56 Å². The summed E-state index contributed by atoms with van der Waals surface area (Å²) in [5.41, 5.74) is 10.5. The highest BCUT2D eigenvalue weighted by molar-refractivity contribution is 6.30. The molecule has 1 aliphatic carbocycles. The standard InChI is InChI=1S/C24H29ClN4O/c1-13-8-16(6-7-26-13)23-20-11-17-10-19(14(2)15-4-3-5-18(25)9-15)24(30)27-21(17)12-22(20)28-29-23/h3-9,14,17,19-23,28-29H,10-12H2,1-2H3,(H,27,30). The number of hydrazine groups is 1. The number of benzene rings is 1. The van der Waals surface area contributed by atoms with Gasteiger partial charge in [0, 0.05) is 34.9 Å². The zero-order chi connectivity index (χ0) is 20.8. The van der Waals surface area contributed by atoms with E-state index in [1.54, 1.807) is 0 Å². The first-order valence-electron chi connectivity index (χ1n) is 11.0. The number of rotatable bonds is 3. The number of halogens is 1. The molecule has 6 heteroatoms. The fourth-order valence-electron chi connectivity index (χ4n) is 5.86. The van der Waals surface area contributed by atoms with Crippen LogP contribution in [0.5, 0.6) is 0 Å². The Labute approximate surface area is 183 Å². The van der Waals surface area contributed by atoms with Crippen molar-refractivity contribution in [3.8, 4) is 0 Å². The Balaban J connectivity index is 1.34. The van der Waals surface area contributed by atoms with Crippen LogP contribution in [0.15, 0.2) is 42.6 Å². The van der Waals surface area contributed by atoms with Gasteiger partial charge in [-0.2, -0.15) is 0 Å². The number of fused-ring (bicyclic) bond motifs is 2. The molecule has 2 saturated heterocycles. The second-order valence-corrected chi connectivity index (χ2v) is 9.74. The quantitative estimate of drug-likeness (QED) is 0.699. The van der Waals surface area contributed by atoms with Gasteiger partial charge in [0.15, 0.2) is 0 Å². The molecule has 1 amide bonds. The third-order valence-corrected chi connectivity index (χ3v) is 7.74. The minimum Gasteiger partial charge on any atom is -0.353 e. The van der Waals surface area contributed by atoms with E-state index in [9.17, 15) is 4.79 Å². The zero-order valence-corrected chi connectivity index (χ0v) is 18.2. The van der Waals surface area contributed by atoms with Crippen molar-refractivity contribution >= 4 is 17.5 Å². The largest absolute Gasteiger partial charge is 0.353 e. The Morgan fingerprint density at radius 1 is 1.10 bits per heavy atom. The molecule has 3 aliphatic rings. The Morgan fingerprint density at radius 2 is 1.97 bits per heavy atom. The number of hydrogen-bond acceptors (Lipinski definition) is 4. The molecule has 3 fully saturated rings. The summed E-state index contributed by atoms with van der Waals surface area (Å²) in [6.45, 7) is 4.20. The van der Waals surface area contributed by atoms with Gasteiger partial charge in [0.05, 0.1) is 6.04 Å². The number of aryl methyl sites for hydroxylation is 1. The number of carbonyl (C=O) groups excluding carboxylic acids is 1. The fourth-order valence-corrected chi connectivity index (χ4v) is 6.06. The lowest BCUT2D eigenvalue weighted by Gasteiger charge is -2.45. The van der Waals surface area contributed by atoms with Crippen molar-refractivity contribution in [1.29, 1.82) is 0 Å². The highest BCUT2D eigenvalue weighted by atomic mass is 35.5. The van der Waals surface area contributed by atoms with E-state index in [4.69, 9.17) is 11.6 Å². The van der Waals surface area contributed by atoms with E-state index in [2.05, 4.69) is 46.3 Å². The van der Waals surface area contributed by atoms with Gasteiger partial charge in [0.25, 0.3) is 0 Å². The van der Waals surface area contributed by atoms with E-state index in [0.717, 1.165) is 35.5 Å². The molecular formula is C24H29ClN4O. The number of piperidine rings is 1. The lowest BCUT2D eigenvalue weighted by Crippen LogP contribution is -2.56. The first-order chi connectivity index (χ1) is 14.5. The van der Waals surface area contributed by atoms with Crippen molar-refractivity contribution in [2.75, 3.05) is 0 Å². The van der Waals surface area contributed by atoms with Crippen LogP contribution in [0.3, 0.4) is 0 Å². The molecule has 1 aromatic carbocycles. The molecular weight excluding hydrogens is 396 g/mol. The summed E-state index contributed by atoms with van der Waals surface area (Å²) in [4.78, 5) is 17.3. The number of nitrogens with zero attached hydrogens (tertiary/aromatic N) is 1. The molecule has 7 atom stereocenters. The molecule has 7 unspecified atom stereocenters. The molecule has 0 bridgehead atoms. The van der Waals surface area contributed by atoms with Crippen LogP contribution in [0.4, 0.5) is 0 Å². The van der Waals surface area contributed by atoms with Crippen LogP contribution in [-0.4, -0.2) is 23.0 Å². The predicted octanol–water partition coefficient (Wildman–Crippen LogP) is 3.90. The molecule has 2 aromatic rings. The summed E-state index contributed by atoms with van der Waals surface area (Å²) >= 11 is 6.20. The van der Waals surface area contributed by atoms with Crippen molar-refractivity contribution in [2.45, 2.75) is 57.2 Å². The van der Waals surface area contributed by atoms with Crippen LogP contribution in [0.2, 0.25) is 5.02 Å². The average Bonchev–Trinajstić information content (AvgIpc) is 3.14. The number of pyridine rings is 1. The zero-order valence-electron chi connectivity index (χ0n) is 17.4. The maximum atomic E-state index is 13.0. The van der Waals surface area contributed by atoms with Gasteiger partial charge in [0.2, 0.25) is 5.91 Å². The molecule has 158 valence electrons. The maximum Gasteiger partial charge on any atom is 0.223 e. The molecule has 5 rings (SSSR count). The van der Waals surface area contributed by atoms with Crippen molar-refractivity contribution in [2.24, 2.45) is 17.8 Å². The lowest BCUT2D eigenvalue weighted by molar-refractivity contribution is -0.131. The van der Waals surface area contributed by atoms with Crippen LogP contribution in [0.25, 0.3) is 0 Å². The first-order valence-corrected chi connectivity index (χ1v) is 11.4. The highest BCUT2D eigenvalue weighted by Gasteiger charge is 2.48. The monoisotopic (exact) mass is 424 g/mol. The van der Waals surface area contributed by atoms with Crippen LogP contribution < -0.4 is 16.2 Å². The number of carbonyl (C=O) groups is 1. The summed E-state index contributed by atoms with van der Waals surface area (Å²) in [7, 11) is 0. The SMILES string of the molecule is Cc1cc(C2NNC3CC4NC(=O)C(C(C)c5cccc(Cl)c5)CC4CC32)ccn1. The molecule has 0 spiro atoms. The summed E-state index contributed by atoms with van der Waals surface area (Å²) in [6.07, 6.45) is 4.93. The molecule has 0 radical (unpaired) electrons. The second kappa shape index (κ2) is 7.95. The Morgan fingerprint density at radius 3 is 2.77 bits per heavy atom. The second-order valence-electron chi connectivity index (χ2n) is 9.30. The van der Waals surface area contributed by atoms with Gasteiger partial charge >= 0.3 is 0 Å². The molecule has 3 N–H and O–H groups in total. The van der Waals surface area contributed by atoms with Crippen molar-refractivity contribution in [3.05, 3.63) is 64.4 Å². The molecule has 30 heavy (non-hydrogen) atoms. The van der Waals surface area contributed by atoms with Gasteiger partial charge in [-0.25, -0.2) is 5.43 Å². The molecule has 1 saturated carbocycles. The first kappa shape index (κ1) is 20.0. The van der Waals surface area contributed by atoms with E-state index < -0.39 is 0 Å². The molecule has 1 aromatic heterocycles. The molecule has 3 heterocycles. The number of nitrogens with one attached hydrogen (secondary N) is 3. The van der Waals surface area contributed by atoms with E-state index in [0.29, 0.717) is 23.9 Å². The number of amides is 1. The molecule has 5 nitrogen and oxygen atoms in total. The topological polar surface area (TPSA) is 66.0 Å². The van der Waals surface area contributed by atoms with Crippen LogP contribution in [0, 0.1) is 24.7 Å². The summed E-state index contributed by atoms with van der Waals surface area (Å²) in [5, 5.41) is 4.09. The van der Waals surface area contributed by atoms with Crippen LogP contribution in [-0.2, 0) is 4.79 Å². The average molecular weight is 425 g/mol. The Kier molecular flexibility index (Phi) is 5.30. The number of aromatic nitrogens is 1. The maximum absolute atomic E-state index is 13.0. The van der Waals surface area contributed by atoms with E-state index >= 15 is 0 Å². The molecule has 2 aliphatic heterocycles. The fraction of sp³-hybridized carbons (Fsp3) is 0.500. The van der Waals surface area contributed by atoms with Crippen LogP contribution >= 0.6 is 11.6 Å². The number of hydrogen-bond donors (Lipinski definition) is 3. The van der Waals surface area contributed by atoms with Crippen molar-refractivity contribution in [3.63, 3.8) is 0 Å². The van der Waals surface area contributed by atoms with Gasteiger partial charge in [0.1, 0.15) is 0 Å². The summed E-state index contributed by atoms with van der Waals surface area (Å²) in [5.74, 6) is 1.35. The highest BCUT2D eigenvalue weighted by Crippen LogP contribution is 2.45. The summed E-state index contributed by atoms with van der Waals surface area (Å²) in [6, 6.07) is 13.2. The van der Waals surface area contributed by atoms with Gasteiger partial charge < -0.3 is 5.32 Å². The van der Waals surface area contributed by atoms with Crippen molar-refractivity contribution < 1.29 is 4.79 Å². The predicted molar refractivity (Wildman–Crippen MR) is 118 cm³/mol. The minimum absolute atomic E-state index is 0.00907. The summed E-state index contributed by atoms with van der Waals surface area (Å²) < 4.78 is 0. The normalized spacial score (nSPS) is 34.0. The Hall–Kier alpha value is -1.95. The van der Waals surface area contributed by atoms with E-state index in [1.807, 2.05) is 31.3 Å². The van der Waals surface area contributed by atoms with Crippen molar-refractivity contribution in [1.82, 2.24) is 21.2 Å². The lowest BCUT2D eigenvalue weighted by atomic mass is 9.66. The third-order valence-electron chi connectivity index (χ3n) is 7.50. The van der Waals surface area contributed by atoms with E-state index in [-0.39, 0.29) is 23.8 Å².